The molecule has 0 aliphatic carbocycles. The van der Waals surface area contributed by atoms with Gasteiger partial charge in [-0.1, -0.05) is 60.7 Å². The molecule has 3 aromatic carbocycles. The Kier molecular flexibility index (Phi) is 6.90. The van der Waals surface area contributed by atoms with Crippen molar-refractivity contribution in [2.24, 2.45) is 0 Å². The topological polar surface area (TPSA) is 88.9 Å². The van der Waals surface area contributed by atoms with E-state index in [0.29, 0.717) is 12.0 Å². The quantitative estimate of drug-likeness (QED) is 0.440. The number of carbonyl (C=O) groups is 2. The van der Waals surface area contributed by atoms with Gasteiger partial charge in [0, 0.05) is 12.0 Å². The minimum absolute atomic E-state index is 0.240. The molecule has 0 bridgehead atoms. The molecule has 33 heavy (non-hydrogen) atoms. The average molecular weight is 440 g/mol. The normalized spacial score (nSPS) is 12.5. The number of carbonyl (C=O) groups excluding carboxylic acids is 2. The Balaban J connectivity index is 1.47. The van der Waals surface area contributed by atoms with E-state index in [1.54, 1.807) is 35.3 Å². The van der Waals surface area contributed by atoms with Crippen LogP contribution < -0.4 is 10.6 Å². The van der Waals surface area contributed by atoms with Crippen molar-refractivity contribution in [2.45, 2.75) is 25.4 Å². The Morgan fingerprint density at radius 2 is 1.55 bits per heavy atom. The fourth-order valence-corrected chi connectivity index (χ4v) is 3.54. The second kappa shape index (κ2) is 10.4. The van der Waals surface area contributed by atoms with Gasteiger partial charge in [-0.25, -0.2) is 9.67 Å². The summed E-state index contributed by atoms with van der Waals surface area (Å²) in [6.07, 6.45) is 3.50. The summed E-state index contributed by atoms with van der Waals surface area (Å²) >= 11 is 0. The molecule has 4 aromatic rings. The first-order chi connectivity index (χ1) is 16.1. The summed E-state index contributed by atoms with van der Waals surface area (Å²) in [5, 5.41) is 10.1. The fourth-order valence-electron chi connectivity index (χ4n) is 3.54. The maximum atomic E-state index is 13.2. The highest BCUT2D eigenvalue weighted by molar-refractivity contribution is 5.97. The van der Waals surface area contributed by atoms with Crippen LogP contribution in [0.3, 0.4) is 0 Å². The van der Waals surface area contributed by atoms with Crippen molar-refractivity contribution < 1.29 is 9.59 Å². The van der Waals surface area contributed by atoms with E-state index >= 15 is 0 Å². The van der Waals surface area contributed by atoms with E-state index in [0.717, 1.165) is 16.8 Å². The van der Waals surface area contributed by atoms with Crippen LogP contribution in [0.15, 0.2) is 97.6 Å². The van der Waals surface area contributed by atoms with Crippen molar-refractivity contribution in [2.75, 3.05) is 0 Å². The van der Waals surface area contributed by atoms with Gasteiger partial charge in [0.1, 0.15) is 18.7 Å². The van der Waals surface area contributed by atoms with Crippen LogP contribution in [0, 0.1) is 0 Å². The number of benzene rings is 3. The third kappa shape index (κ3) is 5.71. The van der Waals surface area contributed by atoms with Gasteiger partial charge in [-0.3, -0.25) is 9.59 Å². The van der Waals surface area contributed by atoms with Crippen molar-refractivity contribution in [3.05, 3.63) is 114 Å². The second-order valence-corrected chi connectivity index (χ2v) is 7.74. The highest BCUT2D eigenvalue weighted by atomic mass is 16.2. The molecule has 4 rings (SSSR count). The Labute approximate surface area is 192 Å². The van der Waals surface area contributed by atoms with Gasteiger partial charge in [0.15, 0.2) is 0 Å². The molecule has 0 saturated carbocycles. The minimum Gasteiger partial charge on any atom is -0.348 e. The molecule has 7 heteroatoms. The van der Waals surface area contributed by atoms with Crippen LogP contribution in [0.25, 0.3) is 5.69 Å². The van der Waals surface area contributed by atoms with E-state index < -0.39 is 6.04 Å². The Morgan fingerprint density at radius 3 is 2.18 bits per heavy atom. The number of aromatic nitrogens is 3. The number of nitrogens with zero attached hydrogens (tertiary/aromatic N) is 3. The molecule has 0 radical (unpaired) electrons. The standard InChI is InChI=1S/C26H25N5O2/c1-19(21-12-14-23(15-13-21)31-18-27-17-28-31)29-26(33)24(16-20-8-4-2-5-9-20)30-25(32)22-10-6-3-7-11-22/h2-15,17-19,24H,16H2,1H3,(H,29,33)(H,30,32)/t19-,24+/m0/s1. The summed E-state index contributed by atoms with van der Waals surface area (Å²) in [6.45, 7) is 1.92. The van der Waals surface area contributed by atoms with Crippen molar-refractivity contribution in [1.29, 1.82) is 0 Å². The van der Waals surface area contributed by atoms with Crippen LogP contribution in [-0.4, -0.2) is 32.6 Å². The lowest BCUT2D eigenvalue weighted by atomic mass is 10.0. The Morgan fingerprint density at radius 1 is 0.879 bits per heavy atom. The Bertz CT molecular complexity index is 1180. The third-order valence-electron chi connectivity index (χ3n) is 5.38. The van der Waals surface area contributed by atoms with Crippen molar-refractivity contribution in [3.63, 3.8) is 0 Å². The average Bonchev–Trinajstić information content (AvgIpc) is 3.40. The zero-order chi connectivity index (χ0) is 23.0. The van der Waals surface area contributed by atoms with Crippen LogP contribution in [0.4, 0.5) is 0 Å². The van der Waals surface area contributed by atoms with E-state index in [9.17, 15) is 9.59 Å². The van der Waals surface area contributed by atoms with Crippen molar-refractivity contribution in [3.8, 4) is 5.69 Å². The lowest BCUT2D eigenvalue weighted by Crippen LogP contribution is -2.48. The SMILES string of the molecule is C[C@H](NC(=O)[C@@H](Cc1ccccc1)NC(=O)c1ccccc1)c1ccc(-n2cncn2)cc1. The highest BCUT2D eigenvalue weighted by Gasteiger charge is 2.23. The highest BCUT2D eigenvalue weighted by Crippen LogP contribution is 2.16. The minimum atomic E-state index is -0.711. The van der Waals surface area contributed by atoms with E-state index in [4.69, 9.17) is 0 Å². The second-order valence-electron chi connectivity index (χ2n) is 7.74. The van der Waals surface area contributed by atoms with Gasteiger partial charge in [-0.05, 0) is 42.3 Å². The third-order valence-corrected chi connectivity index (χ3v) is 5.38. The molecule has 0 aliphatic rings. The van der Waals surface area contributed by atoms with Gasteiger partial charge in [-0.15, -0.1) is 0 Å². The van der Waals surface area contributed by atoms with Crippen LogP contribution in [-0.2, 0) is 11.2 Å². The zero-order valence-electron chi connectivity index (χ0n) is 18.3. The predicted molar refractivity (Wildman–Crippen MR) is 126 cm³/mol. The maximum Gasteiger partial charge on any atom is 0.251 e. The summed E-state index contributed by atoms with van der Waals surface area (Å²) in [5.41, 5.74) is 3.31. The molecular weight excluding hydrogens is 414 g/mol. The molecule has 2 atom stereocenters. The van der Waals surface area contributed by atoms with Gasteiger partial charge < -0.3 is 10.6 Å². The lowest BCUT2D eigenvalue weighted by molar-refractivity contribution is -0.123. The van der Waals surface area contributed by atoms with Crippen LogP contribution in [0.2, 0.25) is 0 Å². The van der Waals surface area contributed by atoms with Gasteiger partial charge in [0.25, 0.3) is 5.91 Å². The largest absolute Gasteiger partial charge is 0.348 e. The zero-order valence-corrected chi connectivity index (χ0v) is 18.3. The monoisotopic (exact) mass is 439 g/mol. The molecule has 2 N–H and O–H groups in total. The molecule has 0 fully saturated rings. The number of amides is 2. The molecule has 0 aliphatic heterocycles. The smallest absolute Gasteiger partial charge is 0.251 e. The Hall–Kier alpha value is -4.26. The first-order valence-corrected chi connectivity index (χ1v) is 10.8. The van der Waals surface area contributed by atoms with Gasteiger partial charge in [0.2, 0.25) is 5.91 Å². The molecule has 2 amide bonds. The summed E-state index contributed by atoms with van der Waals surface area (Å²) in [5.74, 6) is -0.521. The van der Waals surface area contributed by atoms with E-state index in [1.807, 2.05) is 67.6 Å². The number of hydrogen-bond acceptors (Lipinski definition) is 4. The number of rotatable bonds is 8. The predicted octanol–water partition coefficient (Wildman–Crippen LogP) is 3.49. The molecule has 166 valence electrons. The number of nitrogens with one attached hydrogen (secondary N) is 2. The molecule has 0 saturated heterocycles. The molecule has 7 nitrogen and oxygen atoms in total. The van der Waals surface area contributed by atoms with E-state index in [1.165, 1.54) is 6.33 Å². The summed E-state index contributed by atoms with van der Waals surface area (Å²) < 4.78 is 1.67. The first-order valence-electron chi connectivity index (χ1n) is 10.8. The van der Waals surface area contributed by atoms with E-state index in [-0.39, 0.29) is 17.9 Å². The first kappa shape index (κ1) is 22.0. The van der Waals surface area contributed by atoms with Crippen LogP contribution >= 0.6 is 0 Å². The van der Waals surface area contributed by atoms with E-state index in [2.05, 4.69) is 20.7 Å². The van der Waals surface area contributed by atoms with Crippen LogP contribution in [0.5, 0.6) is 0 Å². The molecule has 0 unspecified atom stereocenters. The lowest BCUT2D eigenvalue weighted by Gasteiger charge is -2.22. The summed E-state index contributed by atoms with van der Waals surface area (Å²) in [4.78, 5) is 29.9. The van der Waals surface area contributed by atoms with Gasteiger partial charge in [-0.2, -0.15) is 5.10 Å². The number of hydrogen-bond donors (Lipinski definition) is 2. The molecule has 1 aromatic heterocycles. The molecule has 1 heterocycles. The van der Waals surface area contributed by atoms with Gasteiger partial charge >= 0.3 is 0 Å². The van der Waals surface area contributed by atoms with Gasteiger partial charge in [0.05, 0.1) is 11.7 Å². The van der Waals surface area contributed by atoms with Crippen molar-refractivity contribution >= 4 is 11.8 Å². The maximum absolute atomic E-state index is 13.2. The van der Waals surface area contributed by atoms with Crippen molar-refractivity contribution in [1.82, 2.24) is 25.4 Å². The molecular formula is C26H25N5O2. The molecule has 0 spiro atoms. The van der Waals surface area contributed by atoms with Crippen LogP contribution in [0.1, 0.15) is 34.5 Å². The summed E-state index contributed by atoms with van der Waals surface area (Å²) in [7, 11) is 0. The summed E-state index contributed by atoms with van der Waals surface area (Å²) in [6, 6.07) is 25.3. The fraction of sp³-hybridized carbons (Fsp3) is 0.154.